The maximum atomic E-state index is 12.6. The number of morpholine rings is 1. The van der Waals surface area contributed by atoms with Gasteiger partial charge in [0.15, 0.2) is 6.10 Å². The number of aliphatic carboxylic acids is 1. The van der Waals surface area contributed by atoms with Crippen molar-refractivity contribution < 1.29 is 19.4 Å². The van der Waals surface area contributed by atoms with E-state index in [1.165, 1.54) is 4.90 Å². The highest BCUT2D eigenvalue weighted by molar-refractivity contribution is 5.99. The molecule has 1 atom stereocenters. The summed E-state index contributed by atoms with van der Waals surface area (Å²) in [5.41, 5.74) is 3.64. The molecule has 1 aromatic carbocycles. The first kappa shape index (κ1) is 14.6. The highest BCUT2D eigenvalue weighted by Crippen LogP contribution is 2.22. The number of aromatic nitrogens is 1. The topological polar surface area (TPSA) is 82.6 Å². The lowest BCUT2D eigenvalue weighted by atomic mass is 10.1. The monoisotopic (exact) mass is 302 g/mol. The van der Waals surface area contributed by atoms with Gasteiger partial charge in [0.25, 0.3) is 5.91 Å². The van der Waals surface area contributed by atoms with E-state index >= 15 is 0 Å². The summed E-state index contributed by atoms with van der Waals surface area (Å²) in [4.78, 5) is 28.3. The number of benzene rings is 1. The molecule has 3 rings (SSSR count). The molecule has 0 radical (unpaired) electrons. The van der Waals surface area contributed by atoms with Crippen molar-refractivity contribution in [3.05, 3.63) is 35.0 Å². The van der Waals surface area contributed by atoms with Crippen molar-refractivity contribution in [2.45, 2.75) is 20.0 Å². The van der Waals surface area contributed by atoms with Gasteiger partial charge in [-0.3, -0.25) is 4.79 Å². The molecule has 116 valence electrons. The first-order valence-corrected chi connectivity index (χ1v) is 7.19. The molecule has 22 heavy (non-hydrogen) atoms. The summed E-state index contributed by atoms with van der Waals surface area (Å²) in [6.07, 6.45) is -0.953. The van der Waals surface area contributed by atoms with Gasteiger partial charge >= 0.3 is 5.97 Å². The summed E-state index contributed by atoms with van der Waals surface area (Å²) in [6, 6.07) is 5.90. The number of carbonyl (C=O) groups is 2. The Hall–Kier alpha value is -2.34. The predicted octanol–water partition coefficient (Wildman–Crippen LogP) is 1.71. The summed E-state index contributed by atoms with van der Waals surface area (Å²) in [5.74, 6) is -1.23. The third-order valence-electron chi connectivity index (χ3n) is 3.95. The number of fused-ring (bicyclic) bond motifs is 1. The molecule has 1 aliphatic rings. The number of carbonyl (C=O) groups excluding carboxylic acids is 1. The molecular formula is C16H18N2O4. The van der Waals surface area contributed by atoms with E-state index in [0.29, 0.717) is 12.2 Å². The zero-order valence-electron chi connectivity index (χ0n) is 12.5. The van der Waals surface area contributed by atoms with Gasteiger partial charge in [0.2, 0.25) is 0 Å². The first-order chi connectivity index (χ1) is 10.5. The highest BCUT2D eigenvalue weighted by atomic mass is 16.5. The second-order valence-corrected chi connectivity index (χ2v) is 5.67. The number of hydrogen-bond donors (Lipinski definition) is 2. The number of nitrogens with zero attached hydrogens (tertiary/aromatic N) is 1. The van der Waals surface area contributed by atoms with Crippen LogP contribution in [-0.2, 0) is 9.53 Å². The molecule has 6 nitrogen and oxygen atoms in total. The lowest BCUT2D eigenvalue weighted by Gasteiger charge is -2.30. The second-order valence-electron chi connectivity index (χ2n) is 5.67. The Morgan fingerprint density at radius 2 is 2.09 bits per heavy atom. The van der Waals surface area contributed by atoms with Gasteiger partial charge in [-0.1, -0.05) is 6.07 Å². The molecule has 2 N–H and O–H groups in total. The minimum absolute atomic E-state index is 0.0710. The molecule has 1 saturated heterocycles. The number of rotatable bonds is 2. The Morgan fingerprint density at radius 3 is 2.82 bits per heavy atom. The van der Waals surface area contributed by atoms with Crippen LogP contribution in [0.1, 0.15) is 21.6 Å². The Bertz CT molecular complexity index is 750. The number of amides is 1. The van der Waals surface area contributed by atoms with E-state index in [1.54, 1.807) is 0 Å². The molecule has 2 heterocycles. The predicted molar refractivity (Wildman–Crippen MR) is 81.1 cm³/mol. The fraction of sp³-hybridized carbons (Fsp3) is 0.375. The molecule has 0 bridgehead atoms. The molecule has 1 fully saturated rings. The van der Waals surface area contributed by atoms with E-state index < -0.39 is 12.1 Å². The van der Waals surface area contributed by atoms with Gasteiger partial charge < -0.3 is 19.7 Å². The number of carboxylic acid groups (broad SMARTS) is 1. The fourth-order valence-electron chi connectivity index (χ4n) is 2.87. The summed E-state index contributed by atoms with van der Waals surface area (Å²) in [6.45, 7) is 4.72. The van der Waals surface area contributed by atoms with Crippen LogP contribution in [0.3, 0.4) is 0 Å². The van der Waals surface area contributed by atoms with Crippen LogP contribution in [0.5, 0.6) is 0 Å². The van der Waals surface area contributed by atoms with Crippen molar-refractivity contribution >= 4 is 22.8 Å². The van der Waals surface area contributed by atoms with E-state index in [4.69, 9.17) is 9.84 Å². The third-order valence-corrected chi connectivity index (χ3v) is 3.95. The summed E-state index contributed by atoms with van der Waals surface area (Å²) < 4.78 is 5.15. The maximum absolute atomic E-state index is 12.6. The van der Waals surface area contributed by atoms with E-state index in [0.717, 1.165) is 22.0 Å². The van der Waals surface area contributed by atoms with Crippen LogP contribution < -0.4 is 0 Å². The normalized spacial score (nSPS) is 18.6. The maximum Gasteiger partial charge on any atom is 0.334 e. The molecule has 0 saturated carbocycles. The van der Waals surface area contributed by atoms with Crippen molar-refractivity contribution in [2.24, 2.45) is 0 Å². The van der Waals surface area contributed by atoms with E-state index in [-0.39, 0.29) is 19.1 Å². The zero-order chi connectivity index (χ0) is 15.9. The summed E-state index contributed by atoms with van der Waals surface area (Å²) in [5, 5.41) is 10.0. The number of hydrogen-bond acceptors (Lipinski definition) is 3. The quantitative estimate of drug-likeness (QED) is 0.884. The van der Waals surface area contributed by atoms with Crippen LogP contribution in [-0.4, -0.2) is 52.7 Å². The number of aryl methyl sites for hydroxylation is 2. The smallest absolute Gasteiger partial charge is 0.334 e. The van der Waals surface area contributed by atoms with Gasteiger partial charge in [-0.05, 0) is 37.1 Å². The molecular weight excluding hydrogens is 284 g/mol. The molecule has 2 aromatic rings. The van der Waals surface area contributed by atoms with Crippen molar-refractivity contribution in [3.63, 3.8) is 0 Å². The van der Waals surface area contributed by atoms with Gasteiger partial charge in [0.1, 0.15) is 5.69 Å². The lowest BCUT2D eigenvalue weighted by Crippen LogP contribution is -2.48. The molecule has 1 unspecified atom stereocenters. The third kappa shape index (κ3) is 2.57. The number of nitrogens with one attached hydrogen (secondary N) is 1. The number of ether oxygens (including phenoxy) is 1. The Labute approximate surface area is 127 Å². The highest BCUT2D eigenvalue weighted by Gasteiger charge is 2.30. The largest absolute Gasteiger partial charge is 0.479 e. The standard InChI is InChI=1S/C16H18N2O4/c1-9-5-10(2)11-7-13(17-12(11)6-9)15(19)18-3-4-22-14(8-18)16(20)21/h5-7,14,17H,3-4,8H2,1-2H3,(H,20,21). The number of carboxylic acids is 1. The molecule has 0 spiro atoms. The van der Waals surface area contributed by atoms with Gasteiger partial charge in [-0.2, -0.15) is 0 Å². The van der Waals surface area contributed by atoms with Crippen LogP contribution in [0, 0.1) is 13.8 Å². The second kappa shape index (κ2) is 5.46. The molecule has 6 heteroatoms. The molecule has 1 amide bonds. The van der Waals surface area contributed by atoms with Crippen molar-refractivity contribution in [2.75, 3.05) is 19.7 Å². The van der Waals surface area contributed by atoms with Crippen LogP contribution in [0.15, 0.2) is 18.2 Å². The van der Waals surface area contributed by atoms with Gasteiger partial charge in [-0.25, -0.2) is 4.79 Å². The summed E-state index contributed by atoms with van der Waals surface area (Å²) >= 11 is 0. The van der Waals surface area contributed by atoms with Gasteiger partial charge in [0.05, 0.1) is 13.2 Å². The van der Waals surface area contributed by atoms with Crippen LogP contribution in [0.2, 0.25) is 0 Å². The van der Waals surface area contributed by atoms with Crippen molar-refractivity contribution in [1.82, 2.24) is 9.88 Å². The molecule has 1 aliphatic heterocycles. The average molecular weight is 302 g/mol. The zero-order valence-corrected chi connectivity index (χ0v) is 12.5. The van der Waals surface area contributed by atoms with E-state index in [2.05, 4.69) is 11.1 Å². The lowest BCUT2D eigenvalue weighted by molar-refractivity contribution is -0.154. The van der Waals surface area contributed by atoms with E-state index in [9.17, 15) is 9.59 Å². The van der Waals surface area contributed by atoms with Crippen LogP contribution >= 0.6 is 0 Å². The number of H-pyrrole nitrogens is 1. The SMILES string of the molecule is Cc1cc(C)c2cc(C(=O)N3CCOC(C(=O)O)C3)[nH]c2c1. The Morgan fingerprint density at radius 1 is 1.32 bits per heavy atom. The summed E-state index contributed by atoms with van der Waals surface area (Å²) in [7, 11) is 0. The molecule has 0 aliphatic carbocycles. The van der Waals surface area contributed by atoms with Gasteiger partial charge in [-0.15, -0.1) is 0 Å². The fourth-order valence-corrected chi connectivity index (χ4v) is 2.87. The first-order valence-electron chi connectivity index (χ1n) is 7.19. The minimum atomic E-state index is -1.04. The Balaban J connectivity index is 1.89. The average Bonchev–Trinajstić information content (AvgIpc) is 2.90. The molecule has 1 aromatic heterocycles. The van der Waals surface area contributed by atoms with Crippen molar-refractivity contribution in [1.29, 1.82) is 0 Å². The minimum Gasteiger partial charge on any atom is -0.479 e. The van der Waals surface area contributed by atoms with Gasteiger partial charge in [0, 0.05) is 17.4 Å². The van der Waals surface area contributed by atoms with Crippen molar-refractivity contribution in [3.8, 4) is 0 Å². The van der Waals surface area contributed by atoms with E-state index in [1.807, 2.05) is 26.0 Å². The Kier molecular flexibility index (Phi) is 3.62. The number of aromatic amines is 1. The van der Waals surface area contributed by atoms with Crippen LogP contribution in [0.25, 0.3) is 10.9 Å². The van der Waals surface area contributed by atoms with Crippen LogP contribution in [0.4, 0.5) is 0 Å².